The van der Waals surface area contributed by atoms with Gasteiger partial charge in [-0.25, -0.2) is 0 Å². The van der Waals surface area contributed by atoms with Gasteiger partial charge in [-0.05, 0) is 31.9 Å². The molecule has 0 aliphatic carbocycles. The first-order valence-electron chi connectivity index (χ1n) is 7.26. The van der Waals surface area contributed by atoms with Crippen molar-refractivity contribution in [3.05, 3.63) is 22.7 Å². The summed E-state index contributed by atoms with van der Waals surface area (Å²) < 4.78 is 5.19. The van der Waals surface area contributed by atoms with Crippen LogP contribution in [0.5, 0.6) is 5.75 Å². The maximum Gasteiger partial charge on any atom is 0.255 e. The van der Waals surface area contributed by atoms with Gasteiger partial charge in [-0.15, -0.1) is 0 Å². The molecule has 0 radical (unpaired) electrons. The molecule has 6 heteroatoms. The van der Waals surface area contributed by atoms with Crippen LogP contribution in [0.3, 0.4) is 0 Å². The predicted octanol–water partition coefficient (Wildman–Crippen LogP) is 2.19. The van der Waals surface area contributed by atoms with Crippen LogP contribution in [0.15, 0.2) is 12.1 Å². The van der Waals surface area contributed by atoms with Crippen LogP contribution in [0.1, 0.15) is 36.0 Å². The number of anilines is 1. The second-order valence-corrected chi connectivity index (χ2v) is 5.67. The van der Waals surface area contributed by atoms with Gasteiger partial charge in [-0.2, -0.15) is 0 Å². The van der Waals surface area contributed by atoms with Crippen LogP contribution < -0.4 is 21.1 Å². The summed E-state index contributed by atoms with van der Waals surface area (Å²) in [5.74, 6) is 0.245. The molecule has 1 atom stereocenters. The van der Waals surface area contributed by atoms with Gasteiger partial charge in [-0.1, -0.05) is 18.0 Å². The number of rotatable bonds is 5. The van der Waals surface area contributed by atoms with Gasteiger partial charge in [0.2, 0.25) is 0 Å². The summed E-state index contributed by atoms with van der Waals surface area (Å²) in [5.41, 5.74) is 6.52. The van der Waals surface area contributed by atoms with Crippen LogP contribution in [-0.4, -0.2) is 32.1 Å². The van der Waals surface area contributed by atoms with Gasteiger partial charge in [0, 0.05) is 18.7 Å². The Kier molecular flexibility index (Phi) is 5.70. The zero-order chi connectivity index (χ0) is 15.2. The molecule has 21 heavy (non-hydrogen) atoms. The van der Waals surface area contributed by atoms with Gasteiger partial charge in [0.15, 0.2) is 0 Å². The lowest BCUT2D eigenvalue weighted by atomic mass is 10.0. The lowest BCUT2D eigenvalue weighted by Gasteiger charge is -2.23. The molecule has 5 nitrogen and oxygen atoms in total. The van der Waals surface area contributed by atoms with Crippen LogP contribution >= 0.6 is 11.6 Å². The number of nitrogen functional groups attached to an aromatic ring is 1. The summed E-state index contributed by atoms with van der Waals surface area (Å²) >= 11 is 5.97. The van der Waals surface area contributed by atoms with E-state index in [1.165, 1.54) is 26.4 Å². The minimum Gasteiger partial charge on any atom is -0.496 e. The average molecular weight is 312 g/mol. The monoisotopic (exact) mass is 311 g/mol. The molecule has 1 aromatic rings. The van der Waals surface area contributed by atoms with E-state index in [1.807, 2.05) is 0 Å². The largest absolute Gasteiger partial charge is 0.496 e. The molecule has 1 aliphatic rings. The van der Waals surface area contributed by atoms with Gasteiger partial charge >= 0.3 is 0 Å². The zero-order valence-electron chi connectivity index (χ0n) is 12.2. The standard InChI is InChI=1S/C15H22ClN3O2/c1-21-14-9-13(17)12(16)8-11(14)15(20)19-7-5-10-4-2-3-6-18-10/h8-10,18H,2-7,17H2,1H3,(H,19,20)/t10-/m0/s1. The van der Waals surface area contributed by atoms with E-state index in [0.29, 0.717) is 34.6 Å². The number of hydrogen-bond donors (Lipinski definition) is 3. The molecule has 1 saturated heterocycles. The number of benzene rings is 1. The van der Waals surface area contributed by atoms with E-state index in [2.05, 4.69) is 10.6 Å². The van der Waals surface area contributed by atoms with Gasteiger partial charge in [0.05, 0.1) is 23.4 Å². The van der Waals surface area contributed by atoms with Gasteiger partial charge in [-0.3, -0.25) is 4.79 Å². The third kappa shape index (κ3) is 4.25. The van der Waals surface area contributed by atoms with E-state index >= 15 is 0 Å². The molecule has 0 saturated carbocycles. The lowest BCUT2D eigenvalue weighted by molar-refractivity contribution is 0.0948. The Morgan fingerprint density at radius 2 is 2.33 bits per heavy atom. The summed E-state index contributed by atoms with van der Waals surface area (Å²) in [7, 11) is 1.51. The number of amides is 1. The SMILES string of the molecule is COc1cc(N)c(Cl)cc1C(=O)NCC[C@@H]1CCCCN1. The first-order chi connectivity index (χ1) is 10.1. The highest BCUT2D eigenvalue weighted by Crippen LogP contribution is 2.28. The number of carbonyl (C=O) groups excluding carboxylic acids is 1. The van der Waals surface area contributed by atoms with E-state index in [-0.39, 0.29) is 5.91 Å². The Bertz CT molecular complexity index is 502. The van der Waals surface area contributed by atoms with Crippen LogP contribution in [0, 0.1) is 0 Å². The molecule has 1 fully saturated rings. The summed E-state index contributed by atoms with van der Waals surface area (Å²) in [4.78, 5) is 12.2. The Morgan fingerprint density at radius 1 is 1.52 bits per heavy atom. The smallest absolute Gasteiger partial charge is 0.255 e. The first kappa shape index (κ1) is 15.9. The third-order valence-corrected chi connectivity index (χ3v) is 4.08. The molecule has 1 aliphatic heterocycles. The zero-order valence-corrected chi connectivity index (χ0v) is 13.0. The highest BCUT2D eigenvalue weighted by Gasteiger charge is 2.16. The molecule has 0 bridgehead atoms. The highest BCUT2D eigenvalue weighted by atomic mass is 35.5. The van der Waals surface area contributed by atoms with Gasteiger partial charge in [0.25, 0.3) is 5.91 Å². The summed E-state index contributed by atoms with van der Waals surface area (Å²) in [6, 6.07) is 3.61. The number of ether oxygens (including phenoxy) is 1. The Balaban J connectivity index is 1.92. The van der Waals surface area contributed by atoms with Gasteiger partial charge in [0.1, 0.15) is 5.75 Å². The average Bonchev–Trinajstić information content (AvgIpc) is 2.50. The van der Waals surface area contributed by atoms with Crippen molar-refractivity contribution in [2.24, 2.45) is 0 Å². The van der Waals surface area contributed by atoms with E-state index < -0.39 is 0 Å². The molecule has 4 N–H and O–H groups in total. The minimum absolute atomic E-state index is 0.190. The van der Waals surface area contributed by atoms with Crippen molar-refractivity contribution >= 4 is 23.2 Å². The van der Waals surface area contributed by atoms with Crippen molar-refractivity contribution in [2.45, 2.75) is 31.7 Å². The second-order valence-electron chi connectivity index (χ2n) is 5.27. The normalized spacial score (nSPS) is 18.3. The number of carbonyl (C=O) groups is 1. The fourth-order valence-corrected chi connectivity index (χ4v) is 2.70. The topological polar surface area (TPSA) is 76.4 Å². The Hall–Kier alpha value is -1.46. The van der Waals surface area contributed by atoms with Crippen LogP contribution in [0.25, 0.3) is 0 Å². The van der Waals surface area contributed by atoms with Crippen molar-refractivity contribution in [1.82, 2.24) is 10.6 Å². The maximum atomic E-state index is 12.2. The molecule has 1 heterocycles. The molecular formula is C15H22ClN3O2. The molecule has 0 spiro atoms. The Morgan fingerprint density at radius 3 is 3.00 bits per heavy atom. The highest BCUT2D eigenvalue weighted by molar-refractivity contribution is 6.33. The van der Waals surface area contributed by atoms with E-state index in [0.717, 1.165) is 13.0 Å². The number of methoxy groups -OCH3 is 1. The van der Waals surface area contributed by atoms with Crippen molar-refractivity contribution in [1.29, 1.82) is 0 Å². The molecule has 2 rings (SSSR count). The van der Waals surface area contributed by atoms with Crippen molar-refractivity contribution in [3.8, 4) is 5.75 Å². The molecule has 116 valence electrons. The van der Waals surface area contributed by atoms with Crippen LogP contribution in [0.2, 0.25) is 5.02 Å². The summed E-state index contributed by atoms with van der Waals surface area (Å²) in [6.45, 7) is 1.70. The first-order valence-corrected chi connectivity index (χ1v) is 7.64. The fraction of sp³-hybridized carbons (Fsp3) is 0.533. The van der Waals surface area contributed by atoms with Crippen LogP contribution in [-0.2, 0) is 0 Å². The number of hydrogen-bond acceptors (Lipinski definition) is 4. The number of piperidine rings is 1. The van der Waals surface area contributed by atoms with E-state index in [9.17, 15) is 4.79 Å². The number of nitrogens with two attached hydrogens (primary N) is 1. The van der Waals surface area contributed by atoms with E-state index in [1.54, 1.807) is 12.1 Å². The lowest BCUT2D eigenvalue weighted by Crippen LogP contribution is -2.37. The quantitative estimate of drug-likeness (QED) is 0.729. The molecular weight excluding hydrogens is 290 g/mol. The third-order valence-electron chi connectivity index (χ3n) is 3.75. The maximum absolute atomic E-state index is 12.2. The Labute approximate surface area is 130 Å². The minimum atomic E-state index is -0.190. The molecule has 0 aromatic heterocycles. The fourth-order valence-electron chi connectivity index (χ4n) is 2.54. The predicted molar refractivity (Wildman–Crippen MR) is 85.0 cm³/mol. The number of nitrogens with one attached hydrogen (secondary N) is 2. The van der Waals surface area contributed by atoms with Crippen molar-refractivity contribution < 1.29 is 9.53 Å². The van der Waals surface area contributed by atoms with Gasteiger partial charge < -0.3 is 21.1 Å². The summed E-state index contributed by atoms with van der Waals surface area (Å²) in [6.07, 6.45) is 4.60. The number of halogens is 1. The summed E-state index contributed by atoms with van der Waals surface area (Å²) in [5, 5.41) is 6.72. The van der Waals surface area contributed by atoms with Crippen LogP contribution in [0.4, 0.5) is 5.69 Å². The van der Waals surface area contributed by atoms with Crippen molar-refractivity contribution in [2.75, 3.05) is 25.9 Å². The van der Waals surface area contributed by atoms with Crippen molar-refractivity contribution in [3.63, 3.8) is 0 Å². The second kappa shape index (κ2) is 7.52. The molecule has 1 aromatic carbocycles. The molecule has 1 amide bonds. The molecule has 0 unspecified atom stereocenters. The van der Waals surface area contributed by atoms with E-state index in [4.69, 9.17) is 22.1 Å².